The third-order valence-electron chi connectivity index (χ3n) is 3.87. The molecule has 3 rings (SSSR count). The third kappa shape index (κ3) is 3.64. The molecule has 6 heteroatoms. The van der Waals surface area contributed by atoms with Gasteiger partial charge in [-0.15, -0.1) is 0 Å². The summed E-state index contributed by atoms with van der Waals surface area (Å²) >= 11 is 5.83. The Morgan fingerprint density at radius 1 is 1.22 bits per heavy atom. The van der Waals surface area contributed by atoms with E-state index < -0.39 is 6.23 Å². The number of halogens is 1. The van der Waals surface area contributed by atoms with E-state index in [0.717, 1.165) is 11.1 Å². The molecule has 0 spiro atoms. The summed E-state index contributed by atoms with van der Waals surface area (Å²) in [4.78, 5) is 12.2. The molecular weight excluding hydrogens is 314 g/mol. The molecule has 0 fully saturated rings. The van der Waals surface area contributed by atoms with Crippen LogP contribution in [0.3, 0.4) is 0 Å². The highest BCUT2D eigenvalue weighted by Gasteiger charge is 2.24. The van der Waals surface area contributed by atoms with E-state index in [9.17, 15) is 9.90 Å². The van der Waals surface area contributed by atoms with Gasteiger partial charge in [0, 0.05) is 28.9 Å². The quantitative estimate of drug-likeness (QED) is 0.680. The second-order valence-electron chi connectivity index (χ2n) is 5.57. The predicted molar refractivity (Wildman–Crippen MR) is 91.8 cm³/mol. The van der Waals surface area contributed by atoms with Gasteiger partial charge in [0.2, 0.25) is 0 Å². The number of nitrogens with one attached hydrogen (secondary N) is 3. The van der Waals surface area contributed by atoms with Gasteiger partial charge in [-0.25, -0.2) is 4.79 Å². The highest BCUT2D eigenvalue weighted by atomic mass is 35.5. The number of carbonyl (C=O) groups is 1. The van der Waals surface area contributed by atoms with Crippen molar-refractivity contribution in [2.45, 2.75) is 25.6 Å². The van der Waals surface area contributed by atoms with E-state index in [1.54, 1.807) is 24.3 Å². The Hall–Kier alpha value is -2.08. The van der Waals surface area contributed by atoms with E-state index in [2.05, 4.69) is 16.0 Å². The van der Waals surface area contributed by atoms with Crippen molar-refractivity contribution < 1.29 is 9.90 Å². The molecule has 1 heterocycles. The summed E-state index contributed by atoms with van der Waals surface area (Å²) in [6.07, 6.45) is -0.156. The average molecular weight is 332 g/mol. The fourth-order valence-electron chi connectivity index (χ4n) is 2.80. The Morgan fingerprint density at radius 2 is 1.96 bits per heavy atom. The summed E-state index contributed by atoms with van der Waals surface area (Å²) in [6.45, 7) is 1.98. The van der Waals surface area contributed by atoms with Gasteiger partial charge in [0.15, 0.2) is 0 Å². The second-order valence-corrected chi connectivity index (χ2v) is 6.00. The number of aliphatic hydroxyl groups is 1. The van der Waals surface area contributed by atoms with Crippen molar-refractivity contribution in [3.8, 4) is 0 Å². The maximum absolute atomic E-state index is 12.2. The van der Waals surface area contributed by atoms with E-state index in [1.807, 2.05) is 25.1 Å². The number of hydrogen-bond donors (Lipinski definition) is 4. The molecule has 4 N–H and O–H groups in total. The van der Waals surface area contributed by atoms with Gasteiger partial charge in [0.25, 0.3) is 0 Å². The summed E-state index contributed by atoms with van der Waals surface area (Å²) in [5.74, 6) is 0. The number of rotatable bonds is 2. The van der Waals surface area contributed by atoms with Crippen LogP contribution >= 0.6 is 11.6 Å². The molecule has 0 saturated carbocycles. The lowest BCUT2D eigenvalue weighted by Gasteiger charge is -2.29. The minimum Gasteiger partial charge on any atom is -0.378 e. The van der Waals surface area contributed by atoms with Crippen molar-refractivity contribution in [3.05, 3.63) is 58.6 Å². The Bertz CT molecular complexity index is 718. The number of hydrogen-bond acceptors (Lipinski definition) is 3. The maximum atomic E-state index is 12.2. The number of urea groups is 1. The normalized spacial score (nSPS) is 19.8. The smallest absolute Gasteiger partial charge is 0.323 e. The van der Waals surface area contributed by atoms with Crippen molar-refractivity contribution >= 4 is 29.0 Å². The van der Waals surface area contributed by atoms with E-state index in [-0.39, 0.29) is 12.1 Å². The first-order chi connectivity index (χ1) is 11.0. The van der Waals surface area contributed by atoms with Crippen LogP contribution in [0, 0.1) is 0 Å². The first-order valence-corrected chi connectivity index (χ1v) is 7.80. The largest absolute Gasteiger partial charge is 0.378 e. The molecule has 0 aromatic heterocycles. The molecule has 0 radical (unpaired) electrons. The Balaban J connectivity index is 1.76. The number of anilines is 2. The minimum absolute atomic E-state index is 0.0369. The number of amides is 2. The standard InChI is InChI=1S/C17H18ClN3O2/c1-10-13-3-2-4-15(14(13)9-16(22)19-10)21-17(23)20-12-7-5-11(18)6-8-12/h2-8,10,16,19,22H,9H2,1H3,(H2,20,21,23). The molecule has 5 nitrogen and oxygen atoms in total. The molecule has 23 heavy (non-hydrogen) atoms. The lowest BCUT2D eigenvalue weighted by Crippen LogP contribution is -2.38. The van der Waals surface area contributed by atoms with E-state index >= 15 is 0 Å². The molecule has 2 unspecified atom stereocenters. The van der Waals surface area contributed by atoms with Gasteiger partial charge in [0.05, 0.1) is 0 Å². The fraction of sp³-hybridized carbons (Fsp3) is 0.235. The van der Waals surface area contributed by atoms with Crippen LogP contribution in [0.5, 0.6) is 0 Å². The summed E-state index contributed by atoms with van der Waals surface area (Å²) in [6, 6.07) is 12.3. The first-order valence-electron chi connectivity index (χ1n) is 7.42. The van der Waals surface area contributed by atoms with Crippen molar-refractivity contribution in [2.24, 2.45) is 0 Å². The highest BCUT2D eigenvalue weighted by Crippen LogP contribution is 2.30. The zero-order valence-electron chi connectivity index (χ0n) is 12.6. The van der Waals surface area contributed by atoms with Crippen LogP contribution in [0.4, 0.5) is 16.2 Å². The molecule has 0 saturated heterocycles. The summed E-state index contributed by atoms with van der Waals surface area (Å²) in [7, 11) is 0. The SMILES string of the molecule is CC1NC(O)Cc2c(NC(=O)Nc3ccc(Cl)cc3)cccc21. The monoisotopic (exact) mass is 331 g/mol. The number of benzene rings is 2. The zero-order valence-corrected chi connectivity index (χ0v) is 13.4. The maximum Gasteiger partial charge on any atom is 0.323 e. The molecule has 2 aromatic rings. The topological polar surface area (TPSA) is 73.4 Å². The fourth-order valence-corrected chi connectivity index (χ4v) is 2.93. The van der Waals surface area contributed by atoms with Crippen LogP contribution in [-0.2, 0) is 6.42 Å². The Labute approximate surface area is 139 Å². The van der Waals surface area contributed by atoms with Crippen molar-refractivity contribution in [2.75, 3.05) is 10.6 Å². The summed E-state index contributed by atoms with van der Waals surface area (Å²) in [5, 5.41) is 19.2. The van der Waals surface area contributed by atoms with Gasteiger partial charge in [-0.3, -0.25) is 5.32 Å². The van der Waals surface area contributed by atoms with Gasteiger partial charge in [-0.05, 0) is 48.4 Å². The summed E-state index contributed by atoms with van der Waals surface area (Å²) < 4.78 is 0. The van der Waals surface area contributed by atoms with Crippen LogP contribution in [0.15, 0.2) is 42.5 Å². The van der Waals surface area contributed by atoms with Crippen molar-refractivity contribution in [1.82, 2.24) is 5.32 Å². The van der Waals surface area contributed by atoms with Gasteiger partial charge in [-0.1, -0.05) is 23.7 Å². The van der Waals surface area contributed by atoms with Crippen LogP contribution in [0.2, 0.25) is 5.02 Å². The van der Waals surface area contributed by atoms with Gasteiger partial charge in [-0.2, -0.15) is 0 Å². The Morgan fingerprint density at radius 3 is 2.70 bits per heavy atom. The minimum atomic E-state index is -0.611. The van der Waals surface area contributed by atoms with E-state index in [0.29, 0.717) is 22.8 Å². The van der Waals surface area contributed by atoms with Crippen LogP contribution in [0.1, 0.15) is 24.1 Å². The molecule has 1 aliphatic heterocycles. The Kier molecular flexibility index (Phi) is 4.52. The molecule has 0 bridgehead atoms. The highest BCUT2D eigenvalue weighted by molar-refractivity contribution is 6.30. The molecule has 2 amide bonds. The molecule has 2 atom stereocenters. The zero-order chi connectivity index (χ0) is 16.4. The molecule has 1 aliphatic rings. The predicted octanol–water partition coefficient (Wildman–Crippen LogP) is 3.51. The number of aliphatic hydroxyl groups excluding tert-OH is 1. The summed E-state index contributed by atoms with van der Waals surface area (Å²) in [5.41, 5.74) is 3.41. The van der Waals surface area contributed by atoms with Gasteiger partial charge >= 0.3 is 6.03 Å². The number of fused-ring (bicyclic) bond motifs is 1. The molecule has 2 aromatic carbocycles. The van der Waals surface area contributed by atoms with Crippen LogP contribution in [-0.4, -0.2) is 17.4 Å². The second kappa shape index (κ2) is 6.58. The molecular formula is C17H18ClN3O2. The van der Waals surface area contributed by atoms with Crippen LogP contribution < -0.4 is 16.0 Å². The lowest BCUT2D eigenvalue weighted by molar-refractivity contribution is 0.116. The van der Waals surface area contributed by atoms with E-state index in [1.165, 1.54) is 0 Å². The molecule has 120 valence electrons. The molecule has 0 aliphatic carbocycles. The van der Waals surface area contributed by atoms with Gasteiger partial charge in [0.1, 0.15) is 6.23 Å². The average Bonchev–Trinajstić information content (AvgIpc) is 2.50. The van der Waals surface area contributed by atoms with Crippen LogP contribution in [0.25, 0.3) is 0 Å². The van der Waals surface area contributed by atoms with Gasteiger partial charge < -0.3 is 15.7 Å². The lowest BCUT2D eigenvalue weighted by atomic mass is 9.93. The van der Waals surface area contributed by atoms with Crippen molar-refractivity contribution in [3.63, 3.8) is 0 Å². The third-order valence-corrected chi connectivity index (χ3v) is 4.12. The number of carbonyl (C=O) groups excluding carboxylic acids is 1. The van der Waals surface area contributed by atoms with E-state index in [4.69, 9.17) is 11.6 Å². The van der Waals surface area contributed by atoms with Crippen molar-refractivity contribution in [1.29, 1.82) is 0 Å². The first kappa shape index (κ1) is 15.8.